The molecule has 3 aliphatic rings. The summed E-state index contributed by atoms with van der Waals surface area (Å²) in [5, 5.41) is 3.28. The van der Waals surface area contributed by atoms with E-state index in [0.29, 0.717) is 31.1 Å². The summed E-state index contributed by atoms with van der Waals surface area (Å²) in [6, 6.07) is 3.58. The van der Waals surface area contributed by atoms with Gasteiger partial charge in [0, 0.05) is 31.7 Å². The van der Waals surface area contributed by atoms with Gasteiger partial charge in [-0.25, -0.2) is 8.78 Å². The maximum atomic E-state index is 14.5. The number of carbonyl (C=O) groups excluding carboxylic acids is 1. The summed E-state index contributed by atoms with van der Waals surface area (Å²) in [6.45, 7) is 5.32. The van der Waals surface area contributed by atoms with Crippen LogP contribution < -0.4 is 5.32 Å². The predicted octanol–water partition coefficient (Wildman–Crippen LogP) is 4.00. The average Bonchev–Trinajstić information content (AvgIpc) is 3.14. The highest BCUT2D eigenvalue weighted by Gasteiger charge is 2.68. The zero-order valence-electron chi connectivity index (χ0n) is 16.8. The van der Waals surface area contributed by atoms with Crippen LogP contribution in [0.3, 0.4) is 0 Å². The van der Waals surface area contributed by atoms with Gasteiger partial charge in [0.1, 0.15) is 11.6 Å². The molecule has 1 saturated heterocycles. The van der Waals surface area contributed by atoms with Crippen molar-refractivity contribution in [3.63, 3.8) is 0 Å². The molecular weight excluding hydrogens is 364 g/mol. The van der Waals surface area contributed by atoms with Crippen molar-refractivity contribution >= 4 is 5.91 Å². The van der Waals surface area contributed by atoms with E-state index >= 15 is 0 Å². The molecule has 5 atom stereocenters. The quantitative estimate of drug-likeness (QED) is 0.823. The Bertz CT molecular complexity index is 768. The Labute approximate surface area is 165 Å². The number of carbonyl (C=O) groups is 1. The lowest BCUT2D eigenvalue weighted by molar-refractivity contribution is -0.138. The Hall–Kier alpha value is -1.53. The van der Waals surface area contributed by atoms with Gasteiger partial charge in [0.05, 0.1) is 12.7 Å². The van der Waals surface area contributed by atoms with Crippen LogP contribution in [-0.2, 0) is 14.3 Å². The van der Waals surface area contributed by atoms with Gasteiger partial charge in [-0.15, -0.1) is 0 Å². The fourth-order valence-electron chi connectivity index (χ4n) is 6.26. The Morgan fingerprint density at radius 1 is 1.36 bits per heavy atom. The highest BCUT2D eigenvalue weighted by atomic mass is 19.1. The Morgan fingerprint density at radius 3 is 2.89 bits per heavy atom. The molecule has 3 fully saturated rings. The van der Waals surface area contributed by atoms with Gasteiger partial charge in [-0.2, -0.15) is 0 Å². The van der Waals surface area contributed by atoms with E-state index in [4.69, 9.17) is 9.47 Å². The minimum Gasteiger partial charge on any atom is -0.384 e. The zero-order valence-corrected chi connectivity index (χ0v) is 16.8. The van der Waals surface area contributed by atoms with Crippen molar-refractivity contribution in [3.8, 4) is 0 Å². The maximum absolute atomic E-state index is 14.5. The molecule has 2 bridgehead atoms. The van der Waals surface area contributed by atoms with Gasteiger partial charge >= 0.3 is 0 Å². The predicted molar refractivity (Wildman–Crippen MR) is 101 cm³/mol. The summed E-state index contributed by atoms with van der Waals surface area (Å²) in [4.78, 5) is 12.5. The first-order valence-electron chi connectivity index (χ1n) is 10.1. The number of amides is 1. The lowest BCUT2D eigenvalue weighted by atomic mass is 9.58. The molecule has 154 valence electrons. The molecule has 4 nitrogen and oxygen atoms in total. The molecule has 1 aromatic rings. The van der Waals surface area contributed by atoms with Crippen molar-refractivity contribution in [2.24, 2.45) is 22.7 Å². The van der Waals surface area contributed by atoms with E-state index in [0.717, 1.165) is 25.3 Å². The topological polar surface area (TPSA) is 47.6 Å². The summed E-state index contributed by atoms with van der Waals surface area (Å²) < 4.78 is 39.4. The normalized spacial score (nSPS) is 35.6. The van der Waals surface area contributed by atoms with Crippen LogP contribution in [0, 0.1) is 34.3 Å². The fraction of sp³-hybridized carbons (Fsp3) is 0.682. The van der Waals surface area contributed by atoms with Gasteiger partial charge in [0.2, 0.25) is 5.91 Å². The SMILES string of the molecule is COCCC(=O)N[C@H]1C(C)(C)[C@@H]2C[C@@H]3[C@@H](c4cc(F)ccc4F)OCC[C@@]31C2. The van der Waals surface area contributed by atoms with E-state index in [-0.39, 0.29) is 28.7 Å². The second kappa shape index (κ2) is 7.06. The first-order chi connectivity index (χ1) is 13.3. The van der Waals surface area contributed by atoms with E-state index in [1.807, 2.05) is 0 Å². The Morgan fingerprint density at radius 2 is 2.14 bits per heavy atom. The van der Waals surface area contributed by atoms with E-state index in [2.05, 4.69) is 19.2 Å². The van der Waals surface area contributed by atoms with Crippen molar-refractivity contribution < 1.29 is 23.0 Å². The molecule has 0 aromatic heterocycles. The summed E-state index contributed by atoms with van der Waals surface area (Å²) in [5.41, 5.74) is 0.124. The maximum Gasteiger partial charge on any atom is 0.222 e. The van der Waals surface area contributed by atoms with Crippen LogP contribution in [0.4, 0.5) is 8.78 Å². The second-order valence-corrected chi connectivity index (χ2v) is 9.25. The molecule has 2 saturated carbocycles. The molecule has 28 heavy (non-hydrogen) atoms. The van der Waals surface area contributed by atoms with Gasteiger partial charge in [-0.3, -0.25) is 4.79 Å². The molecule has 1 amide bonds. The zero-order chi connectivity index (χ0) is 20.1. The largest absolute Gasteiger partial charge is 0.384 e. The number of rotatable bonds is 5. The van der Waals surface area contributed by atoms with Crippen LogP contribution in [0.1, 0.15) is 51.2 Å². The molecule has 0 unspecified atom stereocenters. The van der Waals surface area contributed by atoms with Crippen molar-refractivity contribution in [1.82, 2.24) is 5.32 Å². The third-order valence-electron chi connectivity index (χ3n) is 7.61. The standard InChI is InChI=1S/C22H29F2NO3/c1-21(2)13-10-16-19(15-11-14(23)4-5-17(15)24)28-9-7-22(16,12-13)20(21)25-18(26)6-8-27-3/h4-5,11,13,16,19-20H,6-10,12H2,1-3H3,(H,25,26)/t13-,16-,19-,20+,22-/m1/s1. The van der Waals surface area contributed by atoms with E-state index < -0.39 is 17.7 Å². The minimum absolute atomic E-state index is 0.00359. The Balaban J connectivity index is 1.66. The lowest BCUT2D eigenvalue weighted by Crippen LogP contribution is -2.59. The number of hydrogen-bond donors (Lipinski definition) is 1. The average molecular weight is 393 g/mol. The van der Waals surface area contributed by atoms with Crippen LogP contribution >= 0.6 is 0 Å². The van der Waals surface area contributed by atoms with E-state index in [9.17, 15) is 13.6 Å². The highest BCUT2D eigenvalue weighted by molar-refractivity contribution is 5.76. The van der Waals surface area contributed by atoms with Gasteiger partial charge in [-0.1, -0.05) is 13.8 Å². The number of hydrogen-bond acceptors (Lipinski definition) is 3. The van der Waals surface area contributed by atoms with Crippen LogP contribution in [-0.4, -0.2) is 32.3 Å². The van der Waals surface area contributed by atoms with Crippen molar-refractivity contribution in [3.05, 3.63) is 35.4 Å². The van der Waals surface area contributed by atoms with Crippen molar-refractivity contribution in [2.75, 3.05) is 20.3 Å². The molecule has 4 rings (SSSR count). The second-order valence-electron chi connectivity index (χ2n) is 9.25. The molecule has 1 N–H and O–H groups in total. The summed E-state index contributed by atoms with van der Waals surface area (Å²) in [6.07, 6.45) is 2.60. The third-order valence-corrected chi connectivity index (χ3v) is 7.61. The fourth-order valence-corrected chi connectivity index (χ4v) is 6.26. The van der Waals surface area contributed by atoms with Crippen molar-refractivity contribution in [1.29, 1.82) is 0 Å². The van der Waals surface area contributed by atoms with Crippen LogP contribution in [0.2, 0.25) is 0 Å². The Kier molecular flexibility index (Phi) is 4.99. The van der Waals surface area contributed by atoms with Crippen molar-refractivity contribution in [2.45, 2.75) is 51.7 Å². The molecule has 6 heteroatoms. The molecule has 1 heterocycles. The molecule has 1 aromatic carbocycles. The third kappa shape index (κ3) is 2.96. The van der Waals surface area contributed by atoms with E-state index in [1.54, 1.807) is 7.11 Å². The number of fused-ring (bicyclic) bond motifs is 1. The first-order valence-corrected chi connectivity index (χ1v) is 10.1. The summed E-state index contributed by atoms with van der Waals surface area (Å²) >= 11 is 0. The molecule has 1 spiro atoms. The van der Waals surface area contributed by atoms with Crippen LogP contribution in [0.15, 0.2) is 18.2 Å². The number of methoxy groups -OCH3 is 1. The molecule has 2 aliphatic carbocycles. The number of ether oxygens (including phenoxy) is 2. The minimum atomic E-state index is -0.469. The summed E-state index contributed by atoms with van der Waals surface area (Å²) in [7, 11) is 1.58. The number of halogens is 2. The van der Waals surface area contributed by atoms with Gasteiger partial charge in [0.15, 0.2) is 0 Å². The molecular formula is C22H29F2NO3. The van der Waals surface area contributed by atoms with Gasteiger partial charge in [0.25, 0.3) is 0 Å². The monoisotopic (exact) mass is 393 g/mol. The van der Waals surface area contributed by atoms with Gasteiger partial charge < -0.3 is 14.8 Å². The summed E-state index contributed by atoms with van der Waals surface area (Å²) in [5.74, 6) is -0.395. The van der Waals surface area contributed by atoms with Crippen LogP contribution in [0.5, 0.6) is 0 Å². The molecule has 0 radical (unpaired) electrons. The highest BCUT2D eigenvalue weighted by Crippen LogP contribution is 2.70. The van der Waals surface area contributed by atoms with Gasteiger partial charge in [-0.05, 0) is 60.1 Å². The number of benzene rings is 1. The number of nitrogens with one attached hydrogen (secondary N) is 1. The lowest BCUT2D eigenvalue weighted by Gasteiger charge is -2.53. The van der Waals surface area contributed by atoms with E-state index in [1.165, 1.54) is 12.1 Å². The smallest absolute Gasteiger partial charge is 0.222 e. The first kappa shape index (κ1) is 19.8. The molecule has 1 aliphatic heterocycles. The van der Waals surface area contributed by atoms with Crippen LogP contribution in [0.25, 0.3) is 0 Å².